The molecule has 0 radical (unpaired) electrons. The number of aromatic amines is 5. The van der Waals surface area contributed by atoms with Gasteiger partial charge in [-0.1, -0.05) is 133 Å². The third kappa shape index (κ3) is 22.7. The average Bonchev–Trinajstić information content (AvgIpc) is 4.11. The zero-order chi connectivity index (χ0) is 59.7. The number of aromatic hydroxyl groups is 4. The number of ether oxygens (including phenoxy) is 1. The minimum Gasteiger partial charge on any atom is -0.505 e. The molecular formula is C48H84N12O15S2. The number of aliphatic hydroxyl groups is 2. The van der Waals surface area contributed by atoms with Gasteiger partial charge in [-0.25, -0.2) is 33.1 Å². The van der Waals surface area contributed by atoms with Crippen molar-refractivity contribution in [1.29, 1.82) is 0 Å². The van der Waals surface area contributed by atoms with E-state index in [2.05, 4.69) is 50.5 Å². The van der Waals surface area contributed by atoms with Crippen LogP contribution in [0.2, 0.25) is 0 Å². The number of nitrogens with zero attached hydrogens (tertiary/aromatic N) is 5. The Balaban J connectivity index is 0.000000874. The zero-order valence-corrected chi connectivity index (χ0v) is 48.9. The first-order valence-corrected chi connectivity index (χ1v) is 25.4. The van der Waals surface area contributed by atoms with E-state index in [1.807, 2.05) is 125 Å². The van der Waals surface area contributed by atoms with E-state index in [1.165, 1.54) is 17.2 Å². The van der Waals surface area contributed by atoms with Gasteiger partial charge in [-0.15, -0.1) is 0 Å². The number of carbonyl (C=O) groups is 2. The van der Waals surface area contributed by atoms with Crippen molar-refractivity contribution in [2.45, 2.75) is 192 Å². The van der Waals surface area contributed by atoms with Crippen LogP contribution >= 0.6 is 11.3 Å². The first-order chi connectivity index (χ1) is 34.0. The molecule has 1 amide bonds. The molecule has 438 valence electrons. The molecule has 1 saturated heterocycles. The molecule has 1 fully saturated rings. The Morgan fingerprint density at radius 2 is 1.21 bits per heavy atom. The number of esters is 1. The monoisotopic (exact) mass is 1130 g/mol. The second-order valence-corrected chi connectivity index (χ2v) is 26.5. The average molecular weight is 1130 g/mol. The second kappa shape index (κ2) is 26.4. The molecule has 3 unspecified atom stereocenters. The summed E-state index contributed by atoms with van der Waals surface area (Å²) < 4.78 is 24.5. The van der Waals surface area contributed by atoms with Gasteiger partial charge in [-0.3, -0.25) is 29.3 Å². The van der Waals surface area contributed by atoms with Gasteiger partial charge in [0.05, 0.1) is 34.0 Å². The molecule has 27 nitrogen and oxygen atoms in total. The number of H-pyrrole nitrogens is 5. The molecule has 5 aromatic heterocycles. The fraction of sp³-hybridized carbons (Fsp3) is 0.646. The summed E-state index contributed by atoms with van der Waals surface area (Å²) in [6, 6.07) is 0. The molecule has 3 atom stereocenters. The van der Waals surface area contributed by atoms with Crippen LogP contribution in [0.4, 0.5) is 4.79 Å². The lowest BCUT2D eigenvalue weighted by Gasteiger charge is -2.25. The molecule has 2 aliphatic heterocycles. The van der Waals surface area contributed by atoms with Crippen LogP contribution in [0.25, 0.3) is 0 Å². The Morgan fingerprint density at radius 3 is 1.39 bits per heavy atom. The maximum absolute atomic E-state index is 10.8. The lowest BCUT2D eigenvalue weighted by molar-refractivity contribution is -0.146. The van der Waals surface area contributed by atoms with Crippen LogP contribution < -0.4 is 31.9 Å². The number of thiazole rings is 1. The Kier molecular flexibility index (Phi) is 24.1. The van der Waals surface area contributed by atoms with Crippen molar-refractivity contribution in [2.24, 2.45) is 10.8 Å². The first kappa shape index (κ1) is 70.1. The van der Waals surface area contributed by atoms with Crippen molar-refractivity contribution in [1.82, 2.24) is 60.0 Å². The number of carbonyl (C=O) groups excluding carboxylic acids is 2. The van der Waals surface area contributed by atoms with Crippen molar-refractivity contribution in [2.75, 3.05) is 0 Å². The number of rotatable bonds is 0. The zero-order valence-electron chi connectivity index (χ0n) is 47.2. The predicted octanol–water partition coefficient (Wildman–Crippen LogP) is 6.44. The van der Waals surface area contributed by atoms with E-state index in [0.717, 1.165) is 11.3 Å². The van der Waals surface area contributed by atoms with Gasteiger partial charge >= 0.3 is 27.5 Å². The molecule has 29 heteroatoms. The van der Waals surface area contributed by atoms with Crippen LogP contribution in [0.1, 0.15) is 169 Å². The highest BCUT2D eigenvalue weighted by Gasteiger charge is 2.42. The Hall–Kier alpha value is -6.88. The highest BCUT2D eigenvalue weighted by molar-refractivity contribution is 7.98. The van der Waals surface area contributed by atoms with E-state index in [9.17, 15) is 48.3 Å². The molecular weight excluding hydrogens is 1050 g/mol. The molecule has 0 spiro atoms. The summed E-state index contributed by atoms with van der Waals surface area (Å²) in [6.45, 7) is 40.3. The van der Waals surface area contributed by atoms with Gasteiger partial charge in [-0.05, 0) is 47.0 Å². The van der Waals surface area contributed by atoms with Crippen LogP contribution in [-0.4, -0.2) is 108 Å². The van der Waals surface area contributed by atoms with Gasteiger partial charge in [-0.2, -0.15) is 9.90 Å². The number of oxazole rings is 1. The summed E-state index contributed by atoms with van der Waals surface area (Å²) in [5, 5.41) is 70.3. The molecule has 0 saturated carbocycles. The number of aromatic nitrogens is 10. The predicted molar refractivity (Wildman–Crippen MR) is 293 cm³/mol. The maximum Gasteiger partial charge on any atom is 0.419 e. The number of cyclic esters (lactones) is 1. The maximum atomic E-state index is 10.8. The molecule has 0 aliphatic carbocycles. The van der Waals surface area contributed by atoms with Gasteiger partial charge in [0.2, 0.25) is 23.4 Å². The SMILES string of the molecule is C.CC(C)(C)C1NC(=O)S(=O)N1.CC(C)(C)C1OC(=O)C(O)=C1O.CC(C)(C)c1[nH]c(=O)[nH]c1O.CC(C)(C)c1oc(=O)[nH]c1O.CC(C)(C)c1sc(=O)[nH]c1O.CC(C)(C)n1cc(O)nn1.CC(C)(C)n1ncc(=O)[nH]1. The largest absolute Gasteiger partial charge is 0.505 e. The van der Waals surface area contributed by atoms with Crippen LogP contribution in [-0.2, 0) is 47.8 Å². The summed E-state index contributed by atoms with van der Waals surface area (Å²) >= 11 is 1.06. The topological polar surface area (TPSA) is 415 Å². The third-order valence-corrected chi connectivity index (χ3v) is 11.8. The molecule has 5 aromatic rings. The summed E-state index contributed by atoms with van der Waals surface area (Å²) in [5.41, 5.74) is -1.45. The Bertz CT molecular complexity index is 2820. The number of aliphatic hydroxyl groups excluding tert-OH is 2. The lowest BCUT2D eigenvalue weighted by atomic mass is 9.88. The Morgan fingerprint density at radius 1 is 0.662 bits per heavy atom. The van der Waals surface area contributed by atoms with Crippen molar-refractivity contribution < 1.29 is 53.6 Å². The summed E-state index contributed by atoms with van der Waals surface area (Å²) in [4.78, 5) is 75.4. The summed E-state index contributed by atoms with van der Waals surface area (Å²) in [6.07, 6.45) is 1.85. The van der Waals surface area contributed by atoms with Crippen molar-refractivity contribution in [3.05, 3.63) is 81.3 Å². The van der Waals surface area contributed by atoms with Crippen LogP contribution in [0.3, 0.4) is 0 Å². The minimum absolute atomic E-state index is 0. The van der Waals surface area contributed by atoms with Crippen molar-refractivity contribution in [3.63, 3.8) is 0 Å². The minimum atomic E-state index is -1.54. The molecule has 13 N–H and O–H groups in total. The van der Waals surface area contributed by atoms with Gasteiger partial charge in [0.1, 0.15) is 6.20 Å². The second-order valence-electron chi connectivity index (χ2n) is 24.3. The number of imidazole rings is 1. The van der Waals surface area contributed by atoms with E-state index in [4.69, 9.17) is 24.5 Å². The molecule has 7 rings (SSSR count). The quantitative estimate of drug-likeness (QED) is 0.0742. The molecule has 0 bridgehead atoms. The number of hydrogen-bond acceptors (Lipinski definition) is 19. The fourth-order valence-electron chi connectivity index (χ4n) is 5.56. The van der Waals surface area contributed by atoms with E-state index < -0.39 is 45.2 Å². The summed E-state index contributed by atoms with van der Waals surface area (Å²) in [7, 11) is -1.54. The van der Waals surface area contributed by atoms with Gasteiger partial charge in [0, 0.05) is 21.7 Å². The van der Waals surface area contributed by atoms with Crippen LogP contribution in [0.15, 0.2) is 47.5 Å². The van der Waals surface area contributed by atoms with Gasteiger partial charge in [0.15, 0.2) is 28.6 Å². The van der Waals surface area contributed by atoms with Gasteiger partial charge in [0.25, 0.3) is 11.4 Å². The molecule has 7 heterocycles. The third-order valence-electron chi connectivity index (χ3n) is 9.61. The standard InChI is InChI=1S/C8H12O4.C7H12N2O2.C7H11NO3.C7H11NO2S.2C6H11N3O.C6H12N2O2S.CH4/c1-8(2,3)6-4(9)5(10)7(11)12-6;1-7(2,3)4-5(10)9-6(11)8-4;2*1-7(2,3)4-5(9)8-6(10)11-4;1-6(2,3)9-4-5(10)7-8-9;1-6(2,3)9-7-4-5(10)8-9;1-6(2,3)4-7-5(9)11(10)8-4;/h6,9-10H,1-3H3;10H,1-3H3,(H2,8,9,11);2*9H,1-3H3,(H,8,10);4,10H,1-3H3;4H,1-3H3,(H,8,10);4,8H,1-3H3,(H,7,9);1H4. The number of amides is 1. The highest BCUT2D eigenvalue weighted by Crippen LogP contribution is 2.33. The van der Waals surface area contributed by atoms with E-state index in [-0.39, 0.29) is 91.7 Å². The molecule has 2 aliphatic rings. The van der Waals surface area contributed by atoms with Crippen LogP contribution in [0.5, 0.6) is 23.5 Å². The lowest BCUT2D eigenvalue weighted by Crippen LogP contribution is -2.43. The van der Waals surface area contributed by atoms with E-state index in [0.29, 0.717) is 16.3 Å². The molecule has 0 aromatic carbocycles. The number of nitrogens with one attached hydrogen (secondary N) is 7. The Labute approximate surface area is 453 Å². The van der Waals surface area contributed by atoms with Crippen LogP contribution in [0, 0.1) is 10.8 Å². The van der Waals surface area contributed by atoms with Crippen molar-refractivity contribution in [3.8, 4) is 23.5 Å². The van der Waals surface area contributed by atoms with E-state index in [1.54, 1.807) is 25.5 Å². The van der Waals surface area contributed by atoms with Crippen molar-refractivity contribution >= 4 is 33.5 Å². The summed E-state index contributed by atoms with van der Waals surface area (Å²) in [5.74, 6) is -2.49. The highest BCUT2D eigenvalue weighted by atomic mass is 32.2. The molecule has 77 heavy (non-hydrogen) atoms. The van der Waals surface area contributed by atoms with Gasteiger partial charge < -0.3 is 50.1 Å². The fourth-order valence-corrected chi connectivity index (χ4v) is 7.30. The van der Waals surface area contributed by atoms with E-state index >= 15 is 0 Å². The smallest absolute Gasteiger partial charge is 0.419 e. The normalized spacial score (nSPS) is 16.6. The first-order valence-electron chi connectivity index (χ1n) is 23.4. The number of hydrogen-bond donors (Lipinski definition) is 13.